The fourth-order valence-electron chi connectivity index (χ4n) is 2.63. The number of nitrogens with zero attached hydrogens (tertiary/aromatic N) is 6. The van der Waals surface area contributed by atoms with Gasteiger partial charge >= 0.3 is 0 Å². The van der Waals surface area contributed by atoms with Crippen LogP contribution in [0.3, 0.4) is 0 Å². The van der Waals surface area contributed by atoms with E-state index >= 15 is 0 Å². The maximum absolute atomic E-state index is 12.4. The van der Waals surface area contributed by atoms with E-state index in [1.165, 1.54) is 6.33 Å². The Bertz CT molecular complexity index is 1130. The molecule has 0 aliphatic carbocycles. The Morgan fingerprint density at radius 1 is 1.07 bits per heavy atom. The van der Waals surface area contributed by atoms with Crippen molar-refractivity contribution in [1.29, 1.82) is 0 Å². The first-order valence-corrected chi connectivity index (χ1v) is 8.24. The van der Waals surface area contributed by atoms with Gasteiger partial charge in [0.2, 0.25) is 5.91 Å². The van der Waals surface area contributed by atoms with E-state index in [4.69, 9.17) is 0 Å². The Morgan fingerprint density at radius 2 is 1.89 bits per heavy atom. The summed E-state index contributed by atoms with van der Waals surface area (Å²) < 4.78 is 2.71. The molecule has 0 bridgehead atoms. The van der Waals surface area contributed by atoms with Crippen molar-refractivity contribution in [2.24, 2.45) is 0 Å². The third kappa shape index (κ3) is 3.56. The molecule has 0 unspecified atom stereocenters. The first-order valence-electron chi connectivity index (χ1n) is 8.24. The van der Waals surface area contributed by atoms with E-state index in [9.17, 15) is 9.59 Å². The van der Waals surface area contributed by atoms with Crippen LogP contribution >= 0.6 is 0 Å². The highest BCUT2D eigenvalue weighted by Crippen LogP contribution is 2.08. The first kappa shape index (κ1) is 16.6. The second kappa shape index (κ2) is 7.16. The normalized spacial score (nSPS) is 10.8. The second-order valence-electron chi connectivity index (χ2n) is 5.85. The molecule has 0 spiro atoms. The summed E-state index contributed by atoms with van der Waals surface area (Å²) in [5, 5.41) is 15.1. The van der Waals surface area contributed by atoms with Gasteiger partial charge in [-0.2, -0.15) is 5.10 Å². The molecule has 4 aromatic rings. The molecular weight excluding hydrogens is 346 g/mol. The molecule has 0 atom stereocenters. The van der Waals surface area contributed by atoms with Gasteiger partial charge in [-0.15, -0.1) is 5.10 Å². The molecule has 0 saturated carbocycles. The smallest absolute Gasteiger partial charge is 0.278 e. The summed E-state index contributed by atoms with van der Waals surface area (Å²) >= 11 is 0. The molecule has 0 fully saturated rings. The molecule has 4 rings (SSSR count). The van der Waals surface area contributed by atoms with E-state index in [-0.39, 0.29) is 18.0 Å². The maximum atomic E-state index is 12.4. The Kier molecular flexibility index (Phi) is 4.40. The van der Waals surface area contributed by atoms with Gasteiger partial charge in [-0.25, -0.2) is 14.3 Å². The number of carbonyl (C=O) groups is 1. The van der Waals surface area contributed by atoms with Gasteiger partial charge in [-0.05, 0) is 29.8 Å². The third-order valence-corrected chi connectivity index (χ3v) is 4.03. The topological polar surface area (TPSA) is 108 Å². The highest BCUT2D eigenvalue weighted by Gasteiger charge is 2.09. The largest absolute Gasteiger partial charge is 0.350 e. The fourth-order valence-corrected chi connectivity index (χ4v) is 2.63. The van der Waals surface area contributed by atoms with Crippen molar-refractivity contribution in [1.82, 2.24) is 35.1 Å². The van der Waals surface area contributed by atoms with Crippen molar-refractivity contribution in [2.75, 3.05) is 0 Å². The van der Waals surface area contributed by atoms with Crippen LogP contribution in [0, 0.1) is 0 Å². The molecule has 0 aliphatic rings. The summed E-state index contributed by atoms with van der Waals surface area (Å²) in [5.74, 6) is -0.318. The summed E-state index contributed by atoms with van der Waals surface area (Å²) in [6.07, 6.45) is 3.07. The van der Waals surface area contributed by atoms with E-state index in [0.29, 0.717) is 17.4 Å². The minimum atomic E-state index is -0.340. The van der Waals surface area contributed by atoms with Crippen molar-refractivity contribution in [2.45, 2.75) is 13.1 Å². The lowest BCUT2D eigenvalue weighted by molar-refractivity contribution is -0.122. The zero-order valence-corrected chi connectivity index (χ0v) is 14.2. The van der Waals surface area contributed by atoms with Gasteiger partial charge in [0.1, 0.15) is 24.7 Å². The number of benzene rings is 2. The van der Waals surface area contributed by atoms with Gasteiger partial charge in [0.25, 0.3) is 5.56 Å². The van der Waals surface area contributed by atoms with Crippen LogP contribution in [-0.2, 0) is 17.9 Å². The number of hydrogen-bond acceptors (Lipinski definition) is 6. The van der Waals surface area contributed by atoms with Crippen molar-refractivity contribution in [3.05, 3.63) is 77.1 Å². The van der Waals surface area contributed by atoms with E-state index in [1.807, 2.05) is 24.3 Å². The Labute approximate surface area is 153 Å². The zero-order chi connectivity index (χ0) is 18.6. The Balaban J connectivity index is 1.40. The number of amides is 1. The number of nitrogens with one attached hydrogen (secondary N) is 1. The molecule has 1 amide bonds. The van der Waals surface area contributed by atoms with E-state index < -0.39 is 0 Å². The molecule has 134 valence electrons. The van der Waals surface area contributed by atoms with Gasteiger partial charge < -0.3 is 5.32 Å². The van der Waals surface area contributed by atoms with Crippen molar-refractivity contribution in [3.8, 4) is 5.69 Å². The number of hydrogen-bond donors (Lipinski definition) is 1. The molecule has 0 radical (unpaired) electrons. The molecular formula is C18H15N7O2. The molecule has 27 heavy (non-hydrogen) atoms. The van der Waals surface area contributed by atoms with E-state index in [0.717, 1.165) is 15.9 Å². The first-order chi connectivity index (χ1) is 13.2. The molecule has 0 aliphatic heterocycles. The lowest BCUT2D eigenvalue weighted by atomic mass is 10.2. The summed E-state index contributed by atoms with van der Waals surface area (Å²) in [7, 11) is 0. The van der Waals surface area contributed by atoms with E-state index in [1.54, 1.807) is 35.3 Å². The van der Waals surface area contributed by atoms with Gasteiger partial charge in [0, 0.05) is 6.54 Å². The summed E-state index contributed by atoms with van der Waals surface area (Å²) in [6, 6.07) is 14.4. The monoisotopic (exact) mass is 361 g/mol. The van der Waals surface area contributed by atoms with Gasteiger partial charge in [0.15, 0.2) is 0 Å². The van der Waals surface area contributed by atoms with Crippen molar-refractivity contribution >= 4 is 16.8 Å². The van der Waals surface area contributed by atoms with E-state index in [2.05, 4.69) is 25.7 Å². The number of aromatic nitrogens is 6. The van der Waals surface area contributed by atoms with Gasteiger partial charge in [0.05, 0.1) is 11.1 Å². The average Bonchev–Trinajstić information content (AvgIpc) is 3.24. The SMILES string of the molecule is O=C(Cn1nnc2ccccc2c1=O)NCc1ccc(-n2cncn2)cc1. The molecule has 2 aromatic carbocycles. The second-order valence-corrected chi connectivity index (χ2v) is 5.85. The lowest BCUT2D eigenvalue weighted by Gasteiger charge is -2.08. The van der Waals surface area contributed by atoms with Crippen LogP contribution in [0.2, 0.25) is 0 Å². The summed E-state index contributed by atoms with van der Waals surface area (Å²) in [5.41, 5.74) is 1.96. The average molecular weight is 361 g/mol. The predicted octanol–water partition coefficient (Wildman–Crippen LogP) is 0.689. The fraction of sp³-hybridized carbons (Fsp3) is 0.111. The summed E-state index contributed by atoms with van der Waals surface area (Å²) in [4.78, 5) is 28.4. The predicted molar refractivity (Wildman–Crippen MR) is 97.0 cm³/mol. The molecule has 0 saturated heterocycles. The number of carbonyl (C=O) groups excluding carboxylic acids is 1. The van der Waals surface area contributed by atoms with Crippen LogP contribution < -0.4 is 10.9 Å². The van der Waals surface area contributed by atoms with Crippen LogP contribution in [0.5, 0.6) is 0 Å². The maximum Gasteiger partial charge on any atom is 0.278 e. The number of rotatable bonds is 5. The van der Waals surface area contributed by atoms with Crippen LogP contribution in [0.1, 0.15) is 5.56 Å². The Morgan fingerprint density at radius 3 is 2.67 bits per heavy atom. The quantitative estimate of drug-likeness (QED) is 0.560. The Hall–Kier alpha value is -3.88. The van der Waals surface area contributed by atoms with Crippen LogP contribution in [0.4, 0.5) is 0 Å². The summed E-state index contributed by atoms with van der Waals surface area (Å²) in [6.45, 7) is 0.153. The van der Waals surface area contributed by atoms with Crippen LogP contribution in [-0.4, -0.2) is 35.7 Å². The molecule has 1 N–H and O–H groups in total. The van der Waals surface area contributed by atoms with Gasteiger partial charge in [-0.1, -0.05) is 29.5 Å². The lowest BCUT2D eigenvalue weighted by Crippen LogP contribution is -2.34. The molecule has 2 aromatic heterocycles. The third-order valence-electron chi connectivity index (χ3n) is 4.03. The van der Waals surface area contributed by atoms with Crippen LogP contribution in [0.25, 0.3) is 16.6 Å². The van der Waals surface area contributed by atoms with Crippen molar-refractivity contribution in [3.63, 3.8) is 0 Å². The zero-order valence-electron chi connectivity index (χ0n) is 14.2. The number of fused-ring (bicyclic) bond motifs is 1. The highest BCUT2D eigenvalue weighted by atomic mass is 16.2. The van der Waals surface area contributed by atoms with Gasteiger partial charge in [-0.3, -0.25) is 9.59 Å². The standard InChI is InChI=1S/C18H15N7O2/c26-17(10-24-18(27)15-3-1-2-4-16(15)22-23-24)20-9-13-5-7-14(8-6-13)25-12-19-11-21-25/h1-8,11-12H,9-10H2,(H,20,26). The minimum absolute atomic E-state index is 0.187. The minimum Gasteiger partial charge on any atom is -0.350 e. The highest BCUT2D eigenvalue weighted by molar-refractivity contribution is 5.78. The molecule has 9 heteroatoms. The molecule has 9 nitrogen and oxygen atoms in total. The van der Waals surface area contributed by atoms with Crippen molar-refractivity contribution < 1.29 is 4.79 Å². The molecule has 2 heterocycles. The van der Waals surface area contributed by atoms with Crippen LogP contribution in [0.15, 0.2) is 66.0 Å².